The van der Waals surface area contributed by atoms with Gasteiger partial charge in [-0.3, -0.25) is 0 Å². The van der Waals surface area contributed by atoms with Gasteiger partial charge in [0.05, 0.1) is 18.2 Å². The van der Waals surface area contributed by atoms with Crippen LogP contribution in [0.15, 0.2) is 0 Å². The van der Waals surface area contributed by atoms with E-state index in [9.17, 15) is 14.7 Å². The number of nitrogens with one attached hydrogen (secondary N) is 2. The molecular weight excluding hydrogens is 300 g/mol. The van der Waals surface area contributed by atoms with Crippen molar-refractivity contribution in [2.75, 3.05) is 0 Å². The van der Waals surface area contributed by atoms with Gasteiger partial charge in [0, 0.05) is 0 Å². The van der Waals surface area contributed by atoms with Gasteiger partial charge in [0.2, 0.25) is 0 Å². The lowest BCUT2D eigenvalue weighted by atomic mass is 9.88. The number of carbonyl (C=O) groups is 2. The topological polar surface area (TPSA) is 96.9 Å². The maximum Gasteiger partial charge on any atom is 0.407 e. The summed E-state index contributed by atoms with van der Waals surface area (Å²) in [7, 11) is 0. The lowest BCUT2D eigenvalue weighted by molar-refractivity contribution is 0.0325. The number of alkyl carbamates (subject to hydrolysis) is 2. The van der Waals surface area contributed by atoms with Crippen LogP contribution in [0.1, 0.15) is 60.8 Å². The van der Waals surface area contributed by atoms with Crippen LogP contribution in [0.4, 0.5) is 9.59 Å². The molecule has 2 amide bonds. The van der Waals surface area contributed by atoms with E-state index in [1.165, 1.54) is 0 Å². The Kier molecular flexibility index (Phi) is 6.27. The summed E-state index contributed by atoms with van der Waals surface area (Å²) in [5.41, 5.74) is -1.20. The van der Waals surface area contributed by atoms with Crippen LogP contribution in [-0.2, 0) is 9.47 Å². The minimum absolute atomic E-state index is 0.305. The maximum absolute atomic E-state index is 11.9. The molecule has 2 unspecified atom stereocenters. The summed E-state index contributed by atoms with van der Waals surface area (Å²) in [6.07, 6.45) is -0.123. The molecule has 0 aromatic rings. The molecule has 3 atom stereocenters. The highest BCUT2D eigenvalue weighted by molar-refractivity contribution is 5.70. The molecule has 134 valence electrons. The van der Waals surface area contributed by atoms with Crippen LogP contribution < -0.4 is 10.6 Å². The molecule has 1 rings (SSSR count). The van der Waals surface area contributed by atoms with E-state index in [1.54, 1.807) is 41.5 Å². The first-order valence-electron chi connectivity index (χ1n) is 8.03. The molecule has 0 heterocycles. The molecule has 7 nitrogen and oxygen atoms in total. The van der Waals surface area contributed by atoms with Crippen molar-refractivity contribution in [2.45, 2.75) is 90.2 Å². The zero-order valence-electron chi connectivity index (χ0n) is 14.9. The van der Waals surface area contributed by atoms with E-state index in [4.69, 9.17) is 9.47 Å². The standard InChI is InChI=1S/C16H30N2O5/c1-15(2,3)22-13(20)17-11-8-7-10(19)9-12(11)18-14(21)23-16(4,5)6/h10-12,19H,7-9H2,1-6H3,(H,17,20)(H,18,21)/t10?,11?,12-/m0/s1. The van der Waals surface area contributed by atoms with E-state index in [0.29, 0.717) is 19.3 Å². The van der Waals surface area contributed by atoms with Crippen LogP contribution in [0.2, 0.25) is 0 Å². The molecule has 0 radical (unpaired) electrons. The second-order valence-electron chi connectivity index (χ2n) is 7.97. The summed E-state index contributed by atoms with van der Waals surface area (Å²) in [6.45, 7) is 10.7. The molecule has 0 aliphatic heterocycles. The lowest BCUT2D eigenvalue weighted by Crippen LogP contribution is -2.56. The van der Waals surface area contributed by atoms with Crippen LogP contribution in [0, 0.1) is 0 Å². The Morgan fingerprint density at radius 2 is 1.30 bits per heavy atom. The van der Waals surface area contributed by atoms with E-state index in [0.717, 1.165) is 0 Å². The number of amides is 2. The van der Waals surface area contributed by atoms with Crippen LogP contribution in [0.3, 0.4) is 0 Å². The Hall–Kier alpha value is -1.50. The summed E-state index contributed by atoms with van der Waals surface area (Å²) >= 11 is 0. The quantitative estimate of drug-likeness (QED) is 0.722. The molecule has 23 heavy (non-hydrogen) atoms. The second kappa shape index (κ2) is 7.38. The molecule has 1 aliphatic rings. The average Bonchev–Trinajstić information content (AvgIpc) is 2.27. The van der Waals surface area contributed by atoms with Gasteiger partial charge < -0.3 is 25.2 Å². The molecule has 0 saturated heterocycles. The van der Waals surface area contributed by atoms with Gasteiger partial charge in [-0.25, -0.2) is 9.59 Å². The molecule has 0 aromatic carbocycles. The van der Waals surface area contributed by atoms with Gasteiger partial charge in [0.25, 0.3) is 0 Å². The van der Waals surface area contributed by atoms with Crippen LogP contribution in [0.25, 0.3) is 0 Å². The van der Waals surface area contributed by atoms with Gasteiger partial charge >= 0.3 is 12.2 Å². The van der Waals surface area contributed by atoms with Crippen molar-refractivity contribution >= 4 is 12.2 Å². The van der Waals surface area contributed by atoms with Gasteiger partial charge in [-0.05, 0) is 60.8 Å². The summed E-state index contributed by atoms with van der Waals surface area (Å²) in [4.78, 5) is 23.9. The predicted octanol–water partition coefficient (Wildman–Crippen LogP) is 2.32. The molecule has 0 bridgehead atoms. The number of hydrogen-bond acceptors (Lipinski definition) is 5. The van der Waals surface area contributed by atoms with Crippen LogP contribution in [-0.4, -0.2) is 46.7 Å². The number of hydrogen-bond donors (Lipinski definition) is 3. The van der Waals surface area contributed by atoms with Crippen LogP contribution >= 0.6 is 0 Å². The fraction of sp³-hybridized carbons (Fsp3) is 0.875. The number of carbonyl (C=O) groups excluding carboxylic acids is 2. The van der Waals surface area contributed by atoms with Crippen molar-refractivity contribution in [2.24, 2.45) is 0 Å². The minimum Gasteiger partial charge on any atom is -0.444 e. The summed E-state index contributed by atoms with van der Waals surface area (Å²) in [5, 5.41) is 15.3. The highest BCUT2D eigenvalue weighted by Gasteiger charge is 2.34. The normalized spacial score (nSPS) is 25.4. The Balaban J connectivity index is 2.64. The Bertz CT molecular complexity index is 425. The number of rotatable bonds is 2. The minimum atomic E-state index is -0.606. The first-order valence-corrected chi connectivity index (χ1v) is 8.03. The van der Waals surface area contributed by atoms with Crippen LogP contribution in [0.5, 0.6) is 0 Å². The largest absolute Gasteiger partial charge is 0.444 e. The highest BCUT2D eigenvalue weighted by atomic mass is 16.6. The van der Waals surface area contributed by atoms with Gasteiger partial charge in [-0.2, -0.15) is 0 Å². The lowest BCUT2D eigenvalue weighted by Gasteiger charge is -2.35. The highest BCUT2D eigenvalue weighted by Crippen LogP contribution is 2.21. The zero-order chi connectivity index (χ0) is 17.8. The predicted molar refractivity (Wildman–Crippen MR) is 86.2 cm³/mol. The fourth-order valence-corrected chi connectivity index (χ4v) is 2.40. The summed E-state index contributed by atoms with van der Waals surface area (Å²) < 4.78 is 10.5. The van der Waals surface area contributed by atoms with E-state index in [1.807, 2.05) is 0 Å². The Morgan fingerprint density at radius 1 is 0.870 bits per heavy atom. The monoisotopic (exact) mass is 330 g/mol. The zero-order valence-corrected chi connectivity index (χ0v) is 14.9. The molecular formula is C16H30N2O5. The van der Waals surface area contributed by atoms with E-state index < -0.39 is 35.5 Å². The van der Waals surface area contributed by atoms with Crippen molar-refractivity contribution in [3.8, 4) is 0 Å². The molecule has 3 N–H and O–H groups in total. The third-order valence-corrected chi connectivity index (χ3v) is 3.23. The molecule has 0 aromatic heterocycles. The molecule has 0 spiro atoms. The van der Waals surface area contributed by atoms with Gasteiger partial charge in [0.15, 0.2) is 0 Å². The molecule has 1 fully saturated rings. The molecule has 7 heteroatoms. The van der Waals surface area contributed by atoms with Crippen molar-refractivity contribution in [3.05, 3.63) is 0 Å². The Labute approximate surface area is 138 Å². The third-order valence-electron chi connectivity index (χ3n) is 3.23. The number of ether oxygens (including phenoxy) is 2. The number of aliphatic hydroxyl groups is 1. The van der Waals surface area contributed by atoms with Gasteiger partial charge in [-0.15, -0.1) is 0 Å². The van der Waals surface area contributed by atoms with Crippen molar-refractivity contribution < 1.29 is 24.2 Å². The van der Waals surface area contributed by atoms with Crippen molar-refractivity contribution in [1.29, 1.82) is 0 Å². The maximum atomic E-state index is 11.9. The Morgan fingerprint density at radius 3 is 1.74 bits per heavy atom. The van der Waals surface area contributed by atoms with Crippen molar-refractivity contribution in [3.63, 3.8) is 0 Å². The first-order chi connectivity index (χ1) is 10.4. The first kappa shape index (κ1) is 19.5. The van der Waals surface area contributed by atoms with Gasteiger partial charge in [0.1, 0.15) is 11.2 Å². The van der Waals surface area contributed by atoms with Crippen molar-refractivity contribution in [1.82, 2.24) is 10.6 Å². The molecule has 1 aliphatic carbocycles. The third kappa shape index (κ3) is 8.06. The van der Waals surface area contributed by atoms with E-state index in [-0.39, 0.29) is 6.04 Å². The van der Waals surface area contributed by atoms with Gasteiger partial charge in [-0.1, -0.05) is 0 Å². The number of aliphatic hydroxyl groups excluding tert-OH is 1. The summed E-state index contributed by atoms with van der Waals surface area (Å²) in [5.74, 6) is 0. The second-order valence-corrected chi connectivity index (χ2v) is 7.97. The smallest absolute Gasteiger partial charge is 0.407 e. The fourth-order valence-electron chi connectivity index (χ4n) is 2.40. The average molecular weight is 330 g/mol. The SMILES string of the molecule is CC(C)(C)OC(=O)NC1CCC(O)C[C@@H]1NC(=O)OC(C)(C)C. The van der Waals surface area contributed by atoms with E-state index >= 15 is 0 Å². The summed E-state index contributed by atoms with van der Waals surface area (Å²) in [6, 6.07) is -0.707. The van der Waals surface area contributed by atoms with E-state index in [2.05, 4.69) is 10.6 Å². The molecule has 1 saturated carbocycles.